The normalized spacial score (nSPS) is 8.60. The summed E-state index contributed by atoms with van der Waals surface area (Å²) in [6.45, 7) is 9.95. The molecule has 0 saturated heterocycles. The SMILES string of the molecule is CC.CC.Cc1csc2c(=O)[nH]cnc12. The van der Waals surface area contributed by atoms with Gasteiger partial charge < -0.3 is 4.98 Å². The lowest BCUT2D eigenvalue weighted by Crippen LogP contribution is -2.03. The fraction of sp³-hybridized carbons (Fsp3) is 0.455. The number of aromatic nitrogens is 2. The summed E-state index contributed by atoms with van der Waals surface area (Å²) in [6, 6.07) is 0. The van der Waals surface area contributed by atoms with Gasteiger partial charge in [0.1, 0.15) is 4.70 Å². The molecule has 0 aliphatic rings. The highest BCUT2D eigenvalue weighted by Gasteiger charge is 2.02. The van der Waals surface area contributed by atoms with Gasteiger partial charge in [0.05, 0.1) is 11.8 Å². The molecular weight excluding hydrogens is 208 g/mol. The molecule has 2 aromatic rings. The molecule has 0 saturated carbocycles. The van der Waals surface area contributed by atoms with Crippen LogP contribution >= 0.6 is 11.3 Å². The second-order valence-corrected chi connectivity index (χ2v) is 3.21. The van der Waals surface area contributed by atoms with Gasteiger partial charge in [-0.05, 0) is 17.9 Å². The number of hydrogen-bond acceptors (Lipinski definition) is 3. The van der Waals surface area contributed by atoms with Gasteiger partial charge in [-0.15, -0.1) is 11.3 Å². The molecular formula is C11H18N2OS. The molecule has 2 rings (SSSR count). The zero-order valence-electron chi connectivity index (χ0n) is 9.92. The fourth-order valence-electron chi connectivity index (χ4n) is 0.981. The Bertz CT molecular complexity index is 445. The van der Waals surface area contributed by atoms with E-state index >= 15 is 0 Å². The summed E-state index contributed by atoms with van der Waals surface area (Å²) in [7, 11) is 0. The third-order valence-electron chi connectivity index (χ3n) is 1.54. The largest absolute Gasteiger partial charge is 0.312 e. The molecule has 0 radical (unpaired) electrons. The van der Waals surface area contributed by atoms with Gasteiger partial charge in [-0.1, -0.05) is 27.7 Å². The van der Waals surface area contributed by atoms with Crippen molar-refractivity contribution in [2.75, 3.05) is 0 Å². The van der Waals surface area contributed by atoms with Crippen molar-refractivity contribution in [3.05, 3.63) is 27.6 Å². The maximum Gasteiger partial charge on any atom is 0.268 e. The Kier molecular flexibility index (Phi) is 6.62. The minimum Gasteiger partial charge on any atom is -0.312 e. The molecule has 1 N–H and O–H groups in total. The summed E-state index contributed by atoms with van der Waals surface area (Å²) >= 11 is 1.43. The van der Waals surface area contributed by atoms with Crippen LogP contribution in [0.25, 0.3) is 10.2 Å². The van der Waals surface area contributed by atoms with Crippen molar-refractivity contribution in [2.24, 2.45) is 0 Å². The van der Waals surface area contributed by atoms with Crippen LogP contribution in [0.3, 0.4) is 0 Å². The van der Waals surface area contributed by atoms with Gasteiger partial charge in [-0.2, -0.15) is 0 Å². The highest BCUT2D eigenvalue weighted by molar-refractivity contribution is 7.17. The molecule has 0 spiro atoms. The van der Waals surface area contributed by atoms with Crippen LogP contribution in [0.2, 0.25) is 0 Å². The van der Waals surface area contributed by atoms with E-state index < -0.39 is 0 Å². The van der Waals surface area contributed by atoms with Crippen LogP contribution in [0.15, 0.2) is 16.5 Å². The number of rotatable bonds is 0. The molecule has 0 fully saturated rings. The summed E-state index contributed by atoms with van der Waals surface area (Å²) in [5, 5.41) is 1.94. The van der Waals surface area contributed by atoms with Crippen LogP contribution in [-0.4, -0.2) is 9.97 Å². The Morgan fingerprint density at radius 3 is 2.40 bits per heavy atom. The van der Waals surface area contributed by atoms with Gasteiger partial charge in [0.15, 0.2) is 0 Å². The molecule has 0 aliphatic heterocycles. The molecule has 0 atom stereocenters. The quantitative estimate of drug-likeness (QED) is 0.748. The Labute approximate surface area is 94.2 Å². The zero-order chi connectivity index (χ0) is 11.8. The van der Waals surface area contributed by atoms with Crippen molar-refractivity contribution in [3.63, 3.8) is 0 Å². The van der Waals surface area contributed by atoms with Crippen LogP contribution < -0.4 is 5.56 Å². The number of thiophene rings is 1. The van der Waals surface area contributed by atoms with E-state index in [-0.39, 0.29) is 5.56 Å². The fourth-order valence-corrected chi connectivity index (χ4v) is 1.88. The van der Waals surface area contributed by atoms with E-state index in [1.54, 1.807) is 0 Å². The number of fused-ring (bicyclic) bond motifs is 1. The van der Waals surface area contributed by atoms with Crippen molar-refractivity contribution in [2.45, 2.75) is 34.6 Å². The summed E-state index contributed by atoms with van der Waals surface area (Å²) in [6.07, 6.45) is 1.43. The molecule has 15 heavy (non-hydrogen) atoms. The lowest BCUT2D eigenvalue weighted by Gasteiger charge is -1.86. The Morgan fingerprint density at radius 1 is 1.27 bits per heavy atom. The van der Waals surface area contributed by atoms with Gasteiger partial charge in [0.25, 0.3) is 5.56 Å². The first-order valence-corrected chi connectivity index (χ1v) is 6.08. The number of aromatic amines is 1. The number of nitrogens with one attached hydrogen (secondary N) is 1. The molecule has 3 nitrogen and oxygen atoms in total. The van der Waals surface area contributed by atoms with Gasteiger partial charge in [0, 0.05) is 0 Å². The van der Waals surface area contributed by atoms with E-state index in [0.717, 1.165) is 11.1 Å². The van der Waals surface area contributed by atoms with Crippen LogP contribution in [-0.2, 0) is 0 Å². The monoisotopic (exact) mass is 226 g/mol. The smallest absolute Gasteiger partial charge is 0.268 e. The lowest BCUT2D eigenvalue weighted by molar-refractivity contribution is 1.17. The average Bonchev–Trinajstić information content (AvgIpc) is 2.68. The molecule has 0 unspecified atom stereocenters. The third kappa shape index (κ3) is 3.16. The van der Waals surface area contributed by atoms with E-state index in [4.69, 9.17) is 0 Å². The first-order chi connectivity index (χ1) is 7.29. The number of nitrogens with zero attached hydrogens (tertiary/aromatic N) is 1. The summed E-state index contributed by atoms with van der Waals surface area (Å²) in [4.78, 5) is 17.7. The molecule has 0 amide bonds. The van der Waals surface area contributed by atoms with E-state index in [1.165, 1.54) is 17.7 Å². The van der Waals surface area contributed by atoms with E-state index in [9.17, 15) is 4.79 Å². The molecule has 2 heterocycles. The Balaban J connectivity index is 0.000000442. The minimum atomic E-state index is -0.0481. The highest BCUT2D eigenvalue weighted by atomic mass is 32.1. The number of aryl methyl sites for hydroxylation is 1. The van der Waals surface area contributed by atoms with Gasteiger partial charge >= 0.3 is 0 Å². The molecule has 4 heteroatoms. The van der Waals surface area contributed by atoms with Crippen LogP contribution in [0, 0.1) is 6.92 Å². The molecule has 2 aromatic heterocycles. The van der Waals surface area contributed by atoms with Crippen molar-refractivity contribution < 1.29 is 0 Å². The Hall–Kier alpha value is -1.16. The first-order valence-electron chi connectivity index (χ1n) is 5.20. The maximum atomic E-state index is 11.1. The van der Waals surface area contributed by atoms with Crippen molar-refractivity contribution in [1.82, 2.24) is 9.97 Å². The Morgan fingerprint density at radius 2 is 1.87 bits per heavy atom. The van der Waals surface area contributed by atoms with Gasteiger partial charge in [-0.3, -0.25) is 4.79 Å². The standard InChI is InChI=1S/C7H6N2OS.2C2H6/c1-4-2-11-6-5(4)8-3-9-7(6)10;2*1-2/h2-3H,1H3,(H,8,9,10);2*1-2H3. The molecule has 0 bridgehead atoms. The lowest BCUT2D eigenvalue weighted by atomic mass is 10.3. The average molecular weight is 226 g/mol. The van der Waals surface area contributed by atoms with Gasteiger partial charge in [0.2, 0.25) is 0 Å². The summed E-state index contributed by atoms with van der Waals surface area (Å²) in [5.74, 6) is 0. The molecule has 0 aliphatic carbocycles. The van der Waals surface area contributed by atoms with E-state index in [2.05, 4.69) is 9.97 Å². The number of hydrogen-bond donors (Lipinski definition) is 1. The van der Waals surface area contributed by atoms with E-state index in [1.807, 2.05) is 40.0 Å². The predicted octanol–water partition coefficient (Wildman–Crippen LogP) is 3.35. The maximum absolute atomic E-state index is 11.1. The first kappa shape index (κ1) is 13.8. The number of H-pyrrole nitrogens is 1. The third-order valence-corrected chi connectivity index (χ3v) is 2.62. The van der Waals surface area contributed by atoms with E-state index in [0.29, 0.717) is 4.70 Å². The predicted molar refractivity (Wildman–Crippen MR) is 67.7 cm³/mol. The van der Waals surface area contributed by atoms with Crippen LogP contribution in [0.4, 0.5) is 0 Å². The van der Waals surface area contributed by atoms with Gasteiger partial charge in [-0.25, -0.2) is 4.98 Å². The highest BCUT2D eigenvalue weighted by Crippen LogP contribution is 2.18. The molecule has 84 valence electrons. The minimum absolute atomic E-state index is 0.0481. The second kappa shape index (κ2) is 7.17. The summed E-state index contributed by atoms with van der Waals surface area (Å²) in [5.41, 5.74) is 1.84. The molecule has 0 aromatic carbocycles. The topological polar surface area (TPSA) is 45.8 Å². The van der Waals surface area contributed by atoms with Crippen LogP contribution in [0.1, 0.15) is 33.3 Å². The zero-order valence-corrected chi connectivity index (χ0v) is 10.7. The van der Waals surface area contributed by atoms with Crippen molar-refractivity contribution in [3.8, 4) is 0 Å². The van der Waals surface area contributed by atoms with Crippen molar-refractivity contribution in [1.29, 1.82) is 0 Å². The van der Waals surface area contributed by atoms with Crippen molar-refractivity contribution >= 4 is 21.6 Å². The second-order valence-electron chi connectivity index (χ2n) is 2.33. The summed E-state index contributed by atoms with van der Waals surface area (Å²) < 4.78 is 0.713. The van der Waals surface area contributed by atoms with Crippen LogP contribution in [0.5, 0.6) is 0 Å².